The van der Waals surface area contributed by atoms with Crippen LogP contribution in [-0.2, 0) is 19.5 Å². The van der Waals surface area contributed by atoms with Gasteiger partial charge < -0.3 is 9.88 Å². The number of rotatable bonds is 3. The molecule has 3 aromatic rings. The normalized spacial score (nSPS) is 13.3. The Balaban J connectivity index is 1.79. The highest BCUT2D eigenvalue weighted by molar-refractivity contribution is 5.93. The van der Waals surface area contributed by atoms with E-state index in [0.29, 0.717) is 0 Å². The third kappa shape index (κ3) is 2.19. The van der Waals surface area contributed by atoms with Gasteiger partial charge in [0, 0.05) is 30.2 Å². The van der Waals surface area contributed by atoms with E-state index < -0.39 is 0 Å². The fraction of sp³-hybridized carbons (Fsp3) is 0.211. The van der Waals surface area contributed by atoms with Gasteiger partial charge in [0.2, 0.25) is 0 Å². The molecule has 1 aliphatic rings. The number of hydrogen-bond acceptors (Lipinski definition) is 2. The molecule has 0 saturated heterocycles. The van der Waals surface area contributed by atoms with E-state index in [0.717, 1.165) is 42.5 Å². The van der Waals surface area contributed by atoms with Crippen molar-refractivity contribution < 1.29 is 0 Å². The summed E-state index contributed by atoms with van der Waals surface area (Å²) in [6.07, 6.45) is 2.10. The molecule has 0 bridgehead atoms. The van der Waals surface area contributed by atoms with E-state index in [1.807, 2.05) is 22.8 Å². The van der Waals surface area contributed by atoms with E-state index in [2.05, 4.69) is 35.6 Å². The molecule has 22 heavy (non-hydrogen) atoms. The summed E-state index contributed by atoms with van der Waals surface area (Å²) in [4.78, 5) is 12.4. The van der Waals surface area contributed by atoms with Crippen LogP contribution in [-0.4, -0.2) is 4.57 Å². The van der Waals surface area contributed by atoms with Crippen LogP contribution in [0.25, 0.3) is 10.9 Å². The van der Waals surface area contributed by atoms with Crippen molar-refractivity contribution in [3.63, 3.8) is 0 Å². The second kappa shape index (κ2) is 5.34. The molecule has 0 saturated carbocycles. The van der Waals surface area contributed by atoms with Crippen LogP contribution in [0.1, 0.15) is 17.5 Å². The SMILES string of the molecule is O=c1cc(NCc2ccccc2)c2cccc3c2n1CCC3. The highest BCUT2D eigenvalue weighted by Gasteiger charge is 2.15. The van der Waals surface area contributed by atoms with Gasteiger partial charge >= 0.3 is 0 Å². The van der Waals surface area contributed by atoms with Gasteiger partial charge in [0.25, 0.3) is 5.56 Å². The Labute approximate surface area is 129 Å². The molecular weight excluding hydrogens is 272 g/mol. The van der Waals surface area contributed by atoms with Crippen LogP contribution >= 0.6 is 0 Å². The standard InChI is InChI=1S/C19H18N2O/c22-18-12-17(20-13-14-6-2-1-3-7-14)16-10-4-8-15-9-5-11-21(18)19(15)16/h1-4,6-8,10,12,20H,5,9,11,13H2. The molecule has 3 nitrogen and oxygen atoms in total. The average molecular weight is 290 g/mol. The zero-order valence-electron chi connectivity index (χ0n) is 12.4. The first kappa shape index (κ1) is 13.1. The summed E-state index contributed by atoms with van der Waals surface area (Å²) in [5, 5.41) is 4.58. The summed E-state index contributed by atoms with van der Waals surface area (Å²) in [6, 6.07) is 18.3. The molecule has 0 atom stereocenters. The maximum Gasteiger partial charge on any atom is 0.253 e. The van der Waals surface area contributed by atoms with Crippen molar-refractivity contribution >= 4 is 16.6 Å². The van der Waals surface area contributed by atoms with E-state index in [1.54, 1.807) is 6.07 Å². The monoisotopic (exact) mass is 290 g/mol. The molecule has 1 aliphatic heterocycles. The minimum absolute atomic E-state index is 0.0928. The van der Waals surface area contributed by atoms with Gasteiger partial charge in [-0.3, -0.25) is 4.79 Å². The number of benzene rings is 2. The van der Waals surface area contributed by atoms with Gasteiger partial charge in [-0.15, -0.1) is 0 Å². The molecule has 4 rings (SSSR count). The number of anilines is 1. The van der Waals surface area contributed by atoms with Gasteiger partial charge in [-0.2, -0.15) is 0 Å². The summed E-state index contributed by atoms with van der Waals surface area (Å²) in [5.41, 5.74) is 4.63. The Morgan fingerprint density at radius 2 is 1.91 bits per heavy atom. The van der Waals surface area contributed by atoms with E-state index in [4.69, 9.17) is 0 Å². The number of nitrogens with zero attached hydrogens (tertiary/aromatic N) is 1. The molecule has 0 radical (unpaired) electrons. The highest BCUT2D eigenvalue weighted by atomic mass is 16.1. The third-order valence-electron chi connectivity index (χ3n) is 4.37. The van der Waals surface area contributed by atoms with Crippen molar-refractivity contribution in [1.82, 2.24) is 4.57 Å². The Kier molecular flexibility index (Phi) is 3.19. The fourth-order valence-corrected chi connectivity index (χ4v) is 3.31. The summed E-state index contributed by atoms with van der Waals surface area (Å²) in [7, 11) is 0. The van der Waals surface area contributed by atoms with Crippen LogP contribution in [0.4, 0.5) is 5.69 Å². The lowest BCUT2D eigenvalue weighted by atomic mass is 10.0. The smallest absolute Gasteiger partial charge is 0.253 e. The topological polar surface area (TPSA) is 34.0 Å². The second-order valence-corrected chi connectivity index (χ2v) is 5.80. The summed E-state index contributed by atoms with van der Waals surface area (Å²) in [5.74, 6) is 0. The van der Waals surface area contributed by atoms with Crippen molar-refractivity contribution in [2.24, 2.45) is 0 Å². The molecule has 110 valence electrons. The van der Waals surface area contributed by atoms with Gasteiger partial charge in [0.15, 0.2) is 0 Å². The number of para-hydroxylation sites is 1. The predicted molar refractivity (Wildman–Crippen MR) is 90.3 cm³/mol. The lowest BCUT2D eigenvalue weighted by Crippen LogP contribution is -2.24. The first-order chi connectivity index (χ1) is 10.8. The van der Waals surface area contributed by atoms with Crippen LogP contribution < -0.4 is 10.9 Å². The third-order valence-corrected chi connectivity index (χ3v) is 4.37. The summed E-state index contributed by atoms with van der Waals surface area (Å²) < 4.78 is 1.92. The summed E-state index contributed by atoms with van der Waals surface area (Å²) in [6.45, 7) is 1.55. The van der Waals surface area contributed by atoms with E-state index in [1.165, 1.54) is 11.1 Å². The molecule has 3 heteroatoms. The maximum atomic E-state index is 12.4. The average Bonchev–Trinajstić information content (AvgIpc) is 2.58. The quantitative estimate of drug-likeness (QED) is 0.800. The molecule has 1 N–H and O–H groups in total. The van der Waals surface area contributed by atoms with Crippen LogP contribution in [0, 0.1) is 0 Å². The van der Waals surface area contributed by atoms with Crippen LogP contribution in [0.2, 0.25) is 0 Å². The van der Waals surface area contributed by atoms with Crippen molar-refractivity contribution in [3.05, 3.63) is 76.1 Å². The van der Waals surface area contributed by atoms with Gasteiger partial charge in [0.05, 0.1) is 5.52 Å². The summed E-state index contributed by atoms with van der Waals surface area (Å²) >= 11 is 0. The van der Waals surface area contributed by atoms with Crippen molar-refractivity contribution in [1.29, 1.82) is 0 Å². The molecule has 0 fully saturated rings. The Bertz CT molecular complexity index is 881. The van der Waals surface area contributed by atoms with Crippen LogP contribution in [0.3, 0.4) is 0 Å². The number of pyridine rings is 1. The Hall–Kier alpha value is -2.55. The molecule has 1 aromatic heterocycles. The molecule has 0 spiro atoms. The largest absolute Gasteiger partial charge is 0.380 e. The fourth-order valence-electron chi connectivity index (χ4n) is 3.31. The van der Waals surface area contributed by atoms with Gasteiger partial charge in [0.1, 0.15) is 0 Å². The Morgan fingerprint density at radius 3 is 2.77 bits per heavy atom. The van der Waals surface area contributed by atoms with Crippen molar-refractivity contribution in [2.45, 2.75) is 25.9 Å². The molecule has 0 unspecified atom stereocenters. The van der Waals surface area contributed by atoms with E-state index >= 15 is 0 Å². The second-order valence-electron chi connectivity index (χ2n) is 5.80. The lowest BCUT2D eigenvalue weighted by molar-refractivity contribution is 0.616. The van der Waals surface area contributed by atoms with Gasteiger partial charge in [-0.05, 0) is 24.0 Å². The predicted octanol–water partition coefficient (Wildman–Crippen LogP) is 3.56. The van der Waals surface area contributed by atoms with Crippen molar-refractivity contribution in [3.8, 4) is 0 Å². The van der Waals surface area contributed by atoms with Crippen LogP contribution in [0.15, 0.2) is 59.4 Å². The Morgan fingerprint density at radius 1 is 1.05 bits per heavy atom. The zero-order chi connectivity index (χ0) is 14.9. The minimum Gasteiger partial charge on any atom is -0.380 e. The molecule has 2 heterocycles. The number of aryl methyl sites for hydroxylation is 2. The first-order valence-corrected chi connectivity index (χ1v) is 7.76. The number of aromatic nitrogens is 1. The zero-order valence-corrected chi connectivity index (χ0v) is 12.4. The van der Waals surface area contributed by atoms with Gasteiger partial charge in [-0.25, -0.2) is 0 Å². The molecular formula is C19H18N2O. The molecule has 0 aliphatic carbocycles. The van der Waals surface area contributed by atoms with E-state index in [-0.39, 0.29) is 5.56 Å². The first-order valence-electron chi connectivity index (χ1n) is 7.76. The molecule has 0 amide bonds. The highest BCUT2D eigenvalue weighted by Crippen LogP contribution is 2.28. The minimum atomic E-state index is 0.0928. The lowest BCUT2D eigenvalue weighted by Gasteiger charge is -2.21. The number of hydrogen-bond donors (Lipinski definition) is 1. The van der Waals surface area contributed by atoms with Crippen molar-refractivity contribution in [2.75, 3.05) is 5.32 Å². The van der Waals surface area contributed by atoms with E-state index in [9.17, 15) is 4.79 Å². The number of nitrogens with one attached hydrogen (secondary N) is 1. The maximum absolute atomic E-state index is 12.4. The van der Waals surface area contributed by atoms with Crippen LogP contribution in [0.5, 0.6) is 0 Å². The van der Waals surface area contributed by atoms with Gasteiger partial charge in [-0.1, -0.05) is 48.5 Å². The molecule has 2 aromatic carbocycles.